The molecule has 3 nitrogen and oxygen atoms in total. The number of hydrogen-bond donors (Lipinski definition) is 3. The molecule has 0 aliphatic rings. The maximum Gasteiger partial charge on any atom is 1.00 e. The molecule has 0 aliphatic carbocycles. The standard InChI is InChI=1S/C2H6O3.2K.2H/c3-1-2(4)5;;;;/h2-5H,1H2;;;;/q;2*+1;2*-1. The SMILES string of the molecule is OCC(O)O.[H-].[H-].[K+].[K+]. The average molecular weight is 158 g/mol. The summed E-state index contributed by atoms with van der Waals surface area (Å²) < 4.78 is 0. The van der Waals surface area contributed by atoms with Crippen LogP contribution in [-0.4, -0.2) is 28.2 Å². The van der Waals surface area contributed by atoms with E-state index >= 15 is 0 Å². The van der Waals surface area contributed by atoms with Gasteiger partial charge < -0.3 is 18.2 Å². The van der Waals surface area contributed by atoms with Crippen LogP contribution in [0.5, 0.6) is 0 Å². The van der Waals surface area contributed by atoms with E-state index in [0.29, 0.717) is 0 Å². The van der Waals surface area contributed by atoms with Crippen molar-refractivity contribution in [2.24, 2.45) is 0 Å². The summed E-state index contributed by atoms with van der Waals surface area (Å²) in [5.41, 5.74) is 0. The predicted octanol–water partition coefficient (Wildman–Crippen LogP) is -7.48. The maximum absolute atomic E-state index is 7.67. The van der Waals surface area contributed by atoms with Gasteiger partial charge >= 0.3 is 103 Å². The Morgan fingerprint density at radius 1 is 1.29 bits per heavy atom. The van der Waals surface area contributed by atoms with Crippen LogP contribution in [0.15, 0.2) is 0 Å². The van der Waals surface area contributed by atoms with Gasteiger partial charge in [0.1, 0.15) is 0 Å². The molecule has 0 aromatic heterocycles. The van der Waals surface area contributed by atoms with E-state index in [-0.39, 0.29) is 106 Å². The molecule has 0 rings (SSSR count). The molecule has 0 saturated heterocycles. The molecule has 5 heteroatoms. The molecule has 3 N–H and O–H groups in total. The Labute approximate surface area is 130 Å². The van der Waals surface area contributed by atoms with E-state index in [0.717, 1.165) is 0 Å². The van der Waals surface area contributed by atoms with Crippen LogP contribution in [0.4, 0.5) is 0 Å². The predicted molar refractivity (Wildman–Crippen MR) is 17.5 cm³/mol. The van der Waals surface area contributed by atoms with Crippen LogP contribution in [0.25, 0.3) is 0 Å². The molecule has 0 fully saturated rings. The molecule has 7 heavy (non-hydrogen) atoms. The van der Waals surface area contributed by atoms with E-state index in [9.17, 15) is 0 Å². The van der Waals surface area contributed by atoms with Crippen LogP contribution >= 0.6 is 0 Å². The van der Waals surface area contributed by atoms with Crippen LogP contribution in [0, 0.1) is 0 Å². The monoisotopic (exact) mass is 158 g/mol. The molecule has 0 saturated carbocycles. The molecule has 0 unspecified atom stereocenters. The minimum absolute atomic E-state index is 0. The molecule has 0 aromatic rings. The van der Waals surface area contributed by atoms with Gasteiger partial charge in [-0.05, 0) is 0 Å². The van der Waals surface area contributed by atoms with Crippen molar-refractivity contribution in [2.75, 3.05) is 6.61 Å². The summed E-state index contributed by atoms with van der Waals surface area (Å²) in [5, 5.41) is 23.0. The number of rotatable bonds is 1. The van der Waals surface area contributed by atoms with Crippen molar-refractivity contribution in [3.05, 3.63) is 0 Å². The van der Waals surface area contributed by atoms with E-state index in [1.54, 1.807) is 0 Å². The Morgan fingerprint density at radius 2 is 1.43 bits per heavy atom. The summed E-state index contributed by atoms with van der Waals surface area (Å²) in [4.78, 5) is 0. The second kappa shape index (κ2) is 11.9. The Kier molecular flexibility index (Phi) is 28.2. The van der Waals surface area contributed by atoms with Gasteiger partial charge in [0.25, 0.3) is 0 Å². The fourth-order valence-electron chi connectivity index (χ4n) is 0. The van der Waals surface area contributed by atoms with E-state index in [4.69, 9.17) is 15.3 Å². The molecule has 0 atom stereocenters. The van der Waals surface area contributed by atoms with Crippen molar-refractivity contribution in [3.63, 3.8) is 0 Å². The van der Waals surface area contributed by atoms with Gasteiger partial charge in [-0.1, -0.05) is 0 Å². The third-order valence-corrected chi connectivity index (χ3v) is 0.163. The Balaban J connectivity index is -0.0000000133. The van der Waals surface area contributed by atoms with Crippen LogP contribution < -0.4 is 103 Å². The summed E-state index contributed by atoms with van der Waals surface area (Å²) in [7, 11) is 0. The Morgan fingerprint density at radius 3 is 1.43 bits per heavy atom. The summed E-state index contributed by atoms with van der Waals surface area (Å²) in [5.74, 6) is 0. The molecule has 0 radical (unpaired) electrons. The summed E-state index contributed by atoms with van der Waals surface area (Å²) in [6.07, 6.45) is -1.56. The van der Waals surface area contributed by atoms with Crippen LogP contribution in [0.3, 0.4) is 0 Å². The molecule has 0 spiro atoms. The summed E-state index contributed by atoms with van der Waals surface area (Å²) in [6.45, 7) is -0.583. The number of aliphatic hydroxyl groups is 3. The molecule has 0 aromatic carbocycles. The first-order valence-corrected chi connectivity index (χ1v) is 1.24. The third-order valence-electron chi connectivity index (χ3n) is 0.163. The first-order valence-electron chi connectivity index (χ1n) is 1.24. The quantitative estimate of drug-likeness (QED) is 0.262. The summed E-state index contributed by atoms with van der Waals surface area (Å²) in [6, 6.07) is 0. The second-order valence-corrected chi connectivity index (χ2v) is 0.663. The zero-order valence-corrected chi connectivity index (χ0v) is 10.9. The normalized spacial score (nSPS) is 6.86. The topological polar surface area (TPSA) is 60.7 Å². The largest absolute Gasteiger partial charge is 1.00 e. The van der Waals surface area contributed by atoms with E-state index in [2.05, 4.69) is 0 Å². The van der Waals surface area contributed by atoms with Gasteiger partial charge in [-0.25, -0.2) is 0 Å². The van der Waals surface area contributed by atoms with E-state index in [1.165, 1.54) is 0 Å². The third kappa shape index (κ3) is 17.6. The van der Waals surface area contributed by atoms with Crippen molar-refractivity contribution in [1.29, 1.82) is 0 Å². The fourth-order valence-corrected chi connectivity index (χ4v) is 0. The second-order valence-electron chi connectivity index (χ2n) is 0.663. The number of aliphatic hydroxyl groups excluding tert-OH is 2. The fraction of sp³-hybridized carbons (Fsp3) is 1.00. The zero-order valence-electron chi connectivity index (χ0n) is 6.63. The van der Waals surface area contributed by atoms with Gasteiger partial charge in [-0.3, -0.25) is 0 Å². The molecule has 0 heterocycles. The minimum Gasteiger partial charge on any atom is -1.00 e. The van der Waals surface area contributed by atoms with Crippen LogP contribution in [0.1, 0.15) is 2.85 Å². The van der Waals surface area contributed by atoms with Gasteiger partial charge in [-0.15, -0.1) is 0 Å². The summed E-state index contributed by atoms with van der Waals surface area (Å²) >= 11 is 0. The van der Waals surface area contributed by atoms with Crippen molar-refractivity contribution in [3.8, 4) is 0 Å². The van der Waals surface area contributed by atoms with E-state index in [1.807, 2.05) is 0 Å². The van der Waals surface area contributed by atoms with Crippen LogP contribution in [0.2, 0.25) is 0 Å². The van der Waals surface area contributed by atoms with E-state index < -0.39 is 12.9 Å². The van der Waals surface area contributed by atoms with Crippen molar-refractivity contribution in [1.82, 2.24) is 0 Å². The smallest absolute Gasteiger partial charge is 1.00 e. The molecule has 0 aliphatic heterocycles. The van der Waals surface area contributed by atoms with Crippen molar-refractivity contribution < 1.29 is 121 Å². The molecular weight excluding hydrogens is 150 g/mol. The van der Waals surface area contributed by atoms with Gasteiger partial charge in [0.15, 0.2) is 6.29 Å². The maximum atomic E-state index is 7.67. The first kappa shape index (κ1) is 16.6. The van der Waals surface area contributed by atoms with Crippen molar-refractivity contribution >= 4 is 0 Å². The molecule has 0 amide bonds. The van der Waals surface area contributed by atoms with Gasteiger partial charge in [0.05, 0.1) is 6.61 Å². The number of hydrogen-bond acceptors (Lipinski definition) is 3. The van der Waals surface area contributed by atoms with Crippen molar-refractivity contribution in [2.45, 2.75) is 6.29 Å². The van der Waals surface area contributed by atoms with Crippen LogP contribution in [-0.2, 0) is 0 Å². The molecular formula is C2H8K2O3. The van der Waals surface area contributed by atoms with Gasteiger partial charge in [-0.2, -0.15) is 0 Å². The average Bonchev–Trinajstić information content (AvgIpc) is 1.38. The molecule has 36 valence electrons. The van der Waals surface area contributed by atoms with Gasteiger partial charge in [0.2, 0.25) is 0 Å². The molecule has 0 bridgehead atoms. The van der Waals surface area contributed by atoms with Gasteiger partial charge in [0, 0.05) is 0 Å². The minimum atomic E-state index is -1.56. The Bertz CT molecular complexity index is 31.8. The first-order chi connectivity index (χ1) is 2.27. The Hall–Kier alpha value is 3.15. The zero-order chi connectivity index (χ0) is 4.28.